The highest BCUT2D eigenvalue weighted by molar-refractivity contribution is 7.14. The highest BCUT2D eigenvalue weighted by Crippen LogP contribution is 2.25. The van der Waals surface area contributed by atoms with Crippen molar-refractivity contribution < 1.29 is 14.0 Å². The van der Waals surface area contributed by atoms with E-state index in [2.05, 4.69) is 20.6 Å². The van der Waals surface area contributed by atoms with Crippen LogP contribution in [0.5, 0.6) is 0 Å². The minimum atomic E-state index is -0.510. The number of rotatable bonds is 6. The first kappa shape index (κ1) is 20.0. The molecular formula is C21H20FN5O2S. The van der Waals surface area contributed by atoms with Crippen LogP contribution in [-0.4, -0.2) is 39.3 Å². The van der Waals surface area contributed by atoms with Crippen LogP contribution in [0.3, 0.4) is 0 Å². The third-order valence-electron chi connectivity index (χ3n) is 4.82. The molecule has 30 heavy (non-hydrogen) atoms. The predicted molar refractivity (Wildman–Crippen MR) is 112 cm³/mol. The number of thiazole rings is 1. The number of halogens is 1. The number of aromatic nitrogens is 2. The fraction of sp³-hybridized carbons (Fsp3) is 0.238. The normalized spacial score (nSPS) is 15.8. The number of benzene rings is 1. The van der Waals surface area contributed by atoms with Gasteiger partial charge in [0.1, 0.15) is 17.6 Å². The molecule has 3 heterocycles. The second-order valence-corrected chi connectivity index (χ2v) is 7.76. The van der Waals surface area contributed by atoms with Crippen LogP contribution < -0.4 is 10.6 Å². The van der Waals surface area contributed by atoms with Crippen molar-refractivity contribution >= 4 is 34.0 Å². The van der Waals surface area contributed by atoms with Gasteiger partial charge in [-0.2, -0.15) is 0 Å². The molecule has 1 unspecified atom stereocenters. The van der Waals surface area contributed by atoms with Gasteiger partial charge < -0.3 is 15.5 Å². The molecule has 1 aromatic carbocycles. The average molecular weight is 425 g/mol. The third-order valence-corrected chi connectivity index (χ3v) is 5.58. The van der Waals surface area contributed by atoms with Crippen LogP contribution >= 0.6 is 11.3 Å². The van der Waals surface area contributed by atoms with E-state index in [0.29, 0.717) is 30.3 Å². The van der Waals surface area contributed by atoms with Gasteiger partial charge in [-0.25, -0.2) is 9.37 Å². The van der Waals surface area contributed by atoms with Crippen molar-refractivity contribution in [2.45, 2.75) is 25.4 Å². The van der Waals surface area contributed by atoms with Gasteiger partial charge in [0.2, 0.25) is 5.91 Å². The number of hydrogen-bond donors (Lipinski definition) is 2. The molecule has 2 aromatic heterocycles. The van der Waals surface area contributed by atoms with Crippen molar-refractivity contribution in [1.29, 1.82) is 0 Å². The number of nitrogens with zero attached hydrogens (tertiary/aromatic N) is 3. The van der Waals surface area contributed by atoms with Crippen molar-refractivity contribution in [3.63, 3.8) is 0 Å². The van der Waals surface area contributed by atoms with Gasteiger partial charge in [0.25, 0.3) is 5.91 Å². The molecule has 1 atom stereocenters. The lowest BCUT2D eigenvalue weighted by atomic mass is 10.2. The minimum absolute atomic E-state index is 0.176. The number of likely N-dealkylation sites (tertiary alicyclic amines) is 1. The SMILES string of the molecule is O=C(NCc1cccnc1)C1CCCN1C(=O)c1csc(Nc2ccc(F)cc2)n1. The first-order valence-corrected chi connectivity index (χ1v) is 10.4. The largest absolute Gasteiger partial charge is 0.350 e. The first-order chi connectivity index (χ1) is 14.6. The Labute approximate surface area is 177 Å². The fourth-order valence-corrected chi connectivity index (χ4v) is 4.03. The van der Waals surface area contributed by atoms with Gasteiger partial charge >= 0.3 is 0 Å². The van der Waals surface area contributed by atoms with E-state index >= 15 is 0 Å². The zero-order chi connectivity index (χ0) is 20.9. The number of anilines is 2. The van der Waals surface area contributed by atoms with Gasteiger partial charge in [0, 0.05) is 36.6 Å². The molecule has 9 heteroatoms. The topological polar surface area (TPSA) is 87.2 Å². The molecule has 3 aromatic rings. The maximum Gasteiger partial charge on any atom is 0.274 e. The van der Waals surface area contributed by atoms with Crippen LogP contribution in [-0.2, 0) is 11.3 Å². The molecule has 154 valence electrons. The van der Waals surface area contributed by atoms with E-state index in [1.54, 1.807) is 34.8 Å². The smallest absolute Gasteiger partial charge is 0.274 e. The Kier molecular flexibility index (Phi) is 5.99. The van der Waals surface area contributed by atoms with Crippen LogP contribution in [0, 0.1) is 5.82 Å². The molecule has 2 amide bonds. The van der Waals surface area contributed by atoms with E-state index in [1.807, 2.05) is 12.1 Å². The van der Waals surface area contributed by atoms with E-state index in [9.17, 15) is 14.0 Å². The summed E-state index contributed by atoms with van der Waals surface area (Å²) in [5.41, 5.74) is 1.87. The maximum atomic E-state index is 13.0. The maximum absolute atomic E-state index is 13.0. The summed E-state index contributed by atoms with van der Waals surface area (Å²) >= 11 is 1.28. The van der Waals surface area contributed by atoms with Gasteiger partial charge in [0.05, 0.1) is 0 Å². The summed E-state index contributed by atoms with van der Waals surface area (Å²) in [5.74, 6) is -0.764. The molecule has 1 aliphatic rings. The Morgan fingerprint density at radius 3 is 2.83 bits per heavy atom. The Bertz CT molecular complexity index is 1030. The lowest BCUT2D eigenvalue weighted by Crippen LogP contribution is -2.45. The van der Waals surface area contributed by atoms with Crippen molar-refractivity contribution in [2.75, 3.05) is 11.9 Å². The zero-order valence-corrected chi connectivity index (χ0v) is 16.9. The lowest BCUT2D eigenvalue weighted by Gasteiger charge is -2.23. The second kappa shape index (κ2) is 9.00. The molecule has 0 spiro atoms. The summed E-state index contributed by atoms with van der Waals surface area (Å²) in [6, 6.07) is 9.08. The molecule has 1 saturated heterocycles. The molecule has 1 fully saturated rings. The molecule has 0 aliphatic carbocycles. The number of carbonyl (C=O) groups is 2. The van der Waals surface area contributed by atoms with Crippen LogP contribution in [0.4, 0.5) is 15.2 Å². The number of amides is 2. The third kappa shape index (κ3) is 4.62. The molecule has 0 bridgehead atoms. The Hall–Kier alpha value is -3.33. The molecule has 0 saturated carbocycles. The monoisotopic (exact) mass is 425 g/mol. The summed E-state index contributed by atoms with van der Waals surface area (Å²) in [6.45, 7) is 0.885. The average Bonchev–Trinajstić information content (AvgIpc) is 3.44. The number of hydrogen-bond acceptors (Lipinski definition) is 6. The van der Waals surface area contributed by atoms with E-state index in [0.717, 1.165) is 12.0 Å². The quantitative estimate of drug-likeness (QED) is 0.633. The zero-order valence-electron chi connectivity index (χ0n) is 16.0. The molecular weight excluding hydrogens is 405 g/mol. The van der Waals surface area contributed by atoms with Gasteiger partial charge in [-0.1, -0.05) is 6.07 Å². The number of carbonyl (C=O) groups excluding carboxylic acids is 2. The molecule has 2 N–H and O–H groups in total. The van der Waals surface area contributed by atoms with Crippen LogP contribution in [0.2, 0.25) is 0 Å². The summed E-state index contributed by atoms with van der Waals surface area (Å²) in [7, 11) is 0. The van der Waals surface area contributed by atoms with Crippen molar-refractivity contribution in [1.82, 2.24) is 20.2 Å². The van der Waals surface area contributed by atoms with E-state index in [1.165, 1.54) is 23.5 Å². The summed E-state index contributed by atoms with van der Waals surface area (Å²) in [6.07, 6.45) is 4.76. The Morgan fingerprint density at radius 1 is 1.23 bits per heavy atom. The molecule has 1 aliphatic heterocycles. The van der Waals surface area contributed by atoms with Gasteiger partial charge in [0.15, 0.2) is 5.13 Å². The Balaban J connectivity index is 1.39. The molecule has 4 rings (SSSR count). The van der Waals surface area contributed by atoms with E-state index in [-0.39, 0.29) is 23.3 Å². The second-order valence-electron chi connectivity index (χ2n) is 6.91. The predicted octanol–water partition coefficient (Wildman–Crippen LogP) is 3.34. The minimum Gasteiger partial charge on any atom is -0.350 e. The van der Waals surface area contributed by atoms with E-state index in [4.69, 9.17) is 0 Å². The van der Waals surface area contributed by atoms with Gasteiger partial charge in [-0.3, -0.25) is 14.6 Å². The highest BCUT2D eigenvalue weighted by Gasteiger charge is 2.35. The van der Waals surface area contributed by atoms with Crippen LogP contribution in [0.15, 0.2) is 54.2 Å². The first-order valence-electron chi connectivity index (χ1n) is 9.56. The van der Waals surface area contributed by atoms with Crippen LogP contribution in [0.25, 0.3) is 0 Å². The molecule has 0 radical (unpaired) electrons. The Morgan fingerprint density at radius 2 is 2.07 bits per heavy atom. The number of pyridine rings is 1. The summed E-state index contributed by atoms with van der Waals surface area (Å²) < 4.78 is 13.0. The van der Waals surface area contributed by atoms with Crippen molar-refractivity contribution in [3.8, 4) is 0 Å². The van der Waals surface area contributed by atoms with E-state index < -0.39 is 6.04 Å². The highest BCUT2D eigenvalue weighted by atomic mass is 32.1. The van der Waals surface area contributed by atoms with Gasteiger partial charge in [-0.15, -0.1) is 11.3 Å². The number of nitrogens with one attached hydrogen (secondary N) is 2. The lowest BCUT2D eigenvalue weighted by molar-refractivity contribution is -0.125. The summed E-state index contributed by atoms with van der Waals surface area (Å²) in [4.78, 5) is 35.6. The van der Waals surface area contributed by atoms with Crippen molar-refractivity contribution in [3.05, 3.63) is 71.2 Å². The van der Waals surface area contributed by atoms with Crippen molar-refractivity contribution in [2.24, 2.45) is 0 Å². The standard InChI is InChI=1S/C21H20FN5O2S/c22-15-5-7-16(8-6-15)25-21-26-17(13-30-21)20(29)27-10-2-4-18(27)19(28)24-12-14-3-1-9-23-11-14/h1,3,5-9,11,13,18H,2,4,10,12H2,(H,24,28)(H,25,26). The molecule has 7 nitrogen and oxygen atoms in total. The van der Waals surface area contributed by atoms with Crippen LogP contribution in [0.1, 0.15) is 28.9 Å². The summed E-state index contributed by atoms with van der Waals surface area (Å²) in [5, 5.41) is 8.13. The fourth-order valence-electron chi connectivity index (χ4n) is 3.33. The van der Waals surface area contributed by atoms with Gasteiger partial charge in [-0.05, 0) is 48.7 Å².